The topological polar surface area (TPSA) is 203 Å². The number of ether oxygens (including phenoxy) is 6. The first-order valence-electron chi connectivity index (χ1n) is 32.1. The highest BCUT2D eigenvalue weighted by Crippen LogP contribution is 2.42. The Kier molecular flexibility index (Phi) is 22.5. The van der Waals surface area contributed by atoms with Crippen LogP contribution in [0.25, 0.3) is 41.6 Å². The largest absolute Gasteiger partial charge is 0.492 e. The standard InChI is InChI=1S/C37H37FN4O4S.C25H19FN2O3S.C12H18N2O2/c38-31-21-26(20-29(43)19-25-1-2-25)4-10-34(31)46-35-11-12-39-33-22-36(47-37(33)35)32-9-3-27(24-41-32)23-40-28-5-7-30(8-6-28)45-18-15-42-13-16-44-17-14-42;26-19-11-16(10-18(30)9-15-1-2-15)4-6-22(19)31-23-7-8-27-21-12-24(32-25(21)23)20-5-3-17(14-29)13-28-20;13-11-1-3-12(4-2-11)16-10-7-14-5-8-15-9-6-14/h3-12,21-22,24-25,40H,1-2,13-20,23H2;3-8,11-15H,1-2,9-10H2;1-4H,5-10,13H2. The number of hydrogen-bond acceptors (Lipinski definition) is 19. The van der Waals surface area contributed by atoms with Gasteiger partial charge in [0.25, 0.3) is 0 Å². The molecule has 3 N–H and O–H groups in total. The molecule has 14 rings (SSSR count). The summed E-state index contributed by atoms with van der Waals surface area (Å²) in [5.41, 5.74) is 13.3. The van der Waals surface area contributed by atoms with Gasteiger partial charge < -0.3 is 39.5 Å². The summed E-state index contributed by atoms with van der Waals surface area (Å²) in [4.78, 5) is 59.6. The molecule has 8 heterocycles. The lowest BCUT2D eigenvalue weighted by Gasteiger charge is -2.26. The summed E-state index contributed by atoms with van der Waals surface area (Å²) in [6, 6.07) is 39.8. The number of aldehydes is 1. The van der Waals surface area contributed by atoms with E-state index in [0.717, 1.165) is 162 Å². The first kappa shape index (κ1) is 66.0. The predicted molar refractivity (Wildman–Crippen MR) is 366 cm³/mol. The second-order valence-corrected chi connectivity index (χ2v) is 26.0. The Bertz CT molecular complexity index is 4200. The number of thiophene rings is 2. The second kappa shape index (κ2) is 32.4. The maximum atomic E-state index is 15.0. The number of carbonyl (C=O) groups excluding carboxylic acids is 3. The van der Waals surface area contributed by atoms with Crippen LogP contribution in [0.15, 0.2) is 158 Å². The van der Waals surface area contributed by atoms with Gasteiger partial charge >= 0.3 is 0 Å². The number of ketones is 2. The highest BCUT2D eigenvalue weighted by atomic mass is 32.1. The minimum atomic E-state index is -0.505. The molecule has 0 radical (unpaired) electrons. The number of nitrogens with two attached hydrogens (primary N) is 1. The molecule has 6 aromatic heterocycles. The SMILES string of the molecule is Nc1ccc(OCCN2CCOCC2)cc1.O=C(Cc1ccc(Oc2ccnc3cc(-c4ccc(CNc5ccc(OCCN6CCOCC6)cc5)cn4)sc23)c(F)c1)CC1CC1.O=Cc1ccc(-c2cc3nccc(Oc4ccc(CC(=O)CC5CC5)cc4F)c3s2)nc1. The van der Waals surface area contributed by atoms with Crippen molar-refractivity contribution < 1.29 is 51.6 Å². The second-order valence-electron chi connectivity index (χ2n) is 23.9. The number of nitrogens with zero attached hydrogens (tertiary/aromatic N) is 6. The van der Waals surface area contributed by atoms with Crippen LogP contribution < -0.4 is 30.0 Å². The van der Waals surface area contributed by atoms with Gasteiger partial charge in [0.1, 0.15) is 47.8 Å². The quantitative estimate of drug-likeness (QED) is 0.0382. The van der Waals surface area contributed by atoms with Crippen LogP contribution in [-0.4, -0.2) is 126 Å². The molecule has 0 spiro atoms. The van der Waals surface area contributed by atoms with Crippen molar-refractivity contribution in [2.24, 2.45) is 11.8 Å². The summed E-state index contributed by atoms with van der Waals surface area (Å²) < 4.78 is 65.4. The third-order valence-electron chi connectivity index (χ3n) is 16.5. The molecular formula is C74H74F2N8O9S2. The minimum absolute atomic E-state index is 0.0966. The number of hydrogen-bond donors (Lipinski definition) is 2. The number of morpholine rings is 2. The van der Waals surface area contributed by atoms with Crippen LogP contribution in [-0.2, 0) is 38.4 Å². The van der Waals surface area contributed by atoms with Crippen LogP contribution in [0.3, 0.4) is 0 Å². The van der Waals surface area contributed by atoms with E-state index in [1.54, 1.807) is 60.9 Å². The van der Waals surface area contributed by atoms with Gasteiger partial charge in [0.15, 0.2) is 29.4 Å². The van der Waals surface area contributed by atoms with Gasteiger partial charge in [0, 0.05) is 125 Å². The molecule has 10 aromatic rings. The monoisotopic (exact) mass is 1320 g/mol. The fourth-order valence-corrected chi connectivity index (χ4v) is 12.9. The number of pyridine rings is 4. The number of carbonyl (C=O) groups is 3. The number of fused-ring (bicyclic) bond motifs is 2. The van der Waals surface area contributed by atoms with Crippen molar-refractivity contribution >= 4 is 72.3 Å². The Labute approximate surface area is 558 Å². The number of nitrogens with one attached hydrogen (secondary N) is 1. The lowest BCUT2D eigenvalue weighted by molar-refractivity contribution is -0.119. The van der Waals surface area contributed by atoms with Crippen LogP contribution in [0.1, 0.15) is 65.6 Å². The number of anilines is 2. The van der Waals surface area contributed by atoms with Crippen molar-refractivity contribution in [2.75, 3.05) is 90.0 Å². The molecule has 4 aliphatic rings. The average Bonchev–Trinajstić information content (AvgIpc) is 1.69. The highest BCUT2D eigenvalue weighted by Gasteiger charge is 2.26. The molecule has 4 aromatic carbocycles. The van der Waals surface area contributed by atoms with Gasteiger partial charge in [-0.3, -0.25) is 44.1 Å². The van der Waals surface area contributed by atoms with Gasteiger partial charge in [-0.2, -0.15) is 0 Å². The Balaban J connectivity index is 0.000000154. The summed E-state index contributed by atoms with van der Waals surface area (Å²) in [6.45, 7) is 11.1. The Morgan fingerprint density at radius 2 is 1.03 bits per heavy atom. The summed E-state index contributed by atoms with van der Waals surface area (Å²) in [5, 5.41) is 3.45. The zero-order chi connectivity index (χ0) is 65.3. The average molecular weight is 1320 g/mol. The number of benzene rings is 4. The van der Waals surface area contributed by atoms with E-state index in [9.17, 15) is 23.2 Å². The van der Waals surface area contributed by atoms with E-state index < -0.39 is 11.6 Å². The van der Waals surface area contributed by atoms with Gasteiger partial charge in [-0.1, -0.05) is 18.2 Å². The molecule has 17 nitrogen and oxygen atoms in total. The Morgan fingerprint density at radius 3 is 1.47 bits per heavy atom. The van der Waals surface area contributed by atoms with E-state index in [-0.39, 0.29) is 35.9 Å². The molecule has 2 saturated carbocycles. The van der Waals surface area contributed by atoms with Gasteiger partial charge in [0.2, 0.25) is 0 Å². The molecule has 0 atom stereocenters. The van der Waals surface area contributed by atoms with E-state index in [0.29, 0.717) is 78.1 Å². The minimum Gasteiger partial charge on any atom is -0.492 e. The van der Waals surface area contributed by atoms with Crippen LogP contribution in [0.5, 0.6) is 34.5 Å². The molecule has 2 aliphatic carbocycles. The molecule has 2 saturated heterocycles. The molecule has 95 heavy (non-hydrogen) atoms. The van der Waals surface area contributed by atoms with Gasteiger partial charge in [0.05, 0.1) is 68.0 Å². The molecular weight excluding hydrogens is 1250 g/mol. The molecule has 490 valence electrons. The van der Waals surface area contributed by atoms with Crippen LogP contribution in [0.2, 0.25) is 0 Å². The Hall–Kier alpha value is -9.09. The van der Waals surface area contributed by atoms with E-state index in [1.807, 2.05) is 72.9 Å². The number of aromatic nitrogens is 4. The van der Waals surface area contributed by atoms with E-state index >= 15 is 0 Å². The van der Waals surface area contributed by atoms with Gasteiger partial charge in [-0.25, -0.2) is 8.78 Å². The van der Waals surface area contributed by atoms with Crippen molar-refractivity contribution in [1.82, 2.24) is 29.7 Å². The van der Waals surface area contributed by atoms with Crippen molar-refractivity contribution in [1.29, 1.82) is 0 Å². The van der Waals surface area contributed by atoms with E-state index in [4.69, 9.17) is 39.1 Å². The first-order valence-corrected chi connectivity index (χ1v) is 33.8. The summed E-state index contributed by atoms with van der Waals surface area (Å²) >= 11 is 2.94. The van der Waals surface area contributed by atoms with Crippen LogP contribution >= 0.6 is 22.7 Å². The van der Waals surface area contributed by atoms with Gasteiger partial charge in [-0.15, -0.1) is 22.7 Å². The molecule has 0 bridgehead atoms. The number of rotatable bonds is 26. The first-order chi connectivity index (χ1) is 46.5. The Morgan fingerprint density at radius 1 is 0.558 bits per heavy atom. The van der Waals surface area contributed by atoms with E-state index in [1.165, 1.54) is 41.0 Å². The smallest absolute Gasteiger partial charge is 0.166 e. The maximum Gasteiger partial charge on any atom is 0.166 e. The molecule has 0 amide bonds. The number of nitrogen functional groups attached to an aromatic ring is 1. The zero-order valence-electron chi connectivity index (χ0n) is 52.6. The van der Waals surface area contributed by atoms with E-state index in [2.05, 4.69) is 36.1 Å². The van der Waals surface area contributed by atoms with Crippen molar-refractivity contribution in [2.45, 2.75) is 57.9 Å². The lowest BCUT2D eigenvalue weighted by Crippen LogP contribution is -2.38. The van der Waals surface area contributed by atoms with Crippen molar-refractivity contribution in [3.63, 3.8) is 0 Å². The van der Waals surface area contributed by atoms with Crippen LogP contribution in [0, 0.1) is 23.5 Å². The fourth-order valence-electron chi connectivity index (χ4n) is 10.8. The molecule has 21 heteroatoms. The third kappa shape index (κ3) is 19.3. The summed E-state index contributed by atoms with van der Waals surface area (Å²) in [7, 11) is 0. The molecule has 4 fully saturated rings. The van der Waals surface area contributed by atoms with Crippen LogP contribution in [0.4, 0.5) is 20.2 Å². The van der Waals surface area contributed by atoms with Crippen molar-refractivity contribution in [3.8, 4) is 55.6 Å². The normalized spacial score (nSPS) is 14.8. The zero-order valence-corrected chi connectivity index (χ0v) is 54.2. The molecule has 2 aliphatic heterocycles. The third-order valence-corrected chi connectivity index (χ3v) is 18.8. The van der Waals surface area contributed by atoms with Crippen molar-refractivity contribution in [3.05, 3.63) is 192 Å². The predicted octanol–water partition coefficient (Wildman–Crippen LogP) is 14.5. The summed E-state index contributed by atoms with van der Waals surface area (Å²) in [5.74, 6) is 3.33. The fraction of sp³-hybridized carbons (Fsp3) is 0.311. The highest BCUT2D eigenvalue weighted by molar-refractivity contribution is 7.23. The number of halogens is 2. The summed E-state index contributed by atoms with van der Waals surface area (Å²) in [6.07, 6.45) is 13.6. The van der Waals surface area contributed by atoms with Gasteiger partial charge in [-0.05, 0) is 157 Å². The number of Topliss-reactive ketones (excluding diaryl/α,β-unsaturated/α-hetero) is 2. The lowest BCUT2D eigenvalue weighted by atomic mass is 10.0. The molecule has 0 unspecified atom stereocenters. The maximum absolute atomic E-state index is 15.0.